The van der Waals surface area contributed by atoms with Crippen LogP contribution >= 0.6 is 11.3 Å². The Kier molecular flexibility index (Phi) is 3.89. The molecule has 3 aliphatic rings. The summed E-state index contributed by atoms with van der Waals surface area (Å²) in [6.07, 6.45) is 1.23. The van der Waals surface area contributed by atoms with Gasteiger partial charge in [-0.05, 0) is 25.8 Å². The summed E-state index contributed by atoms with van der Waals surface area (Å²) < 4.78 is 47.3. The van der Waals surface area contributed by atoms with Gasteiger partial charge in [0.2, 0.25) is 0 Å². The van der Waals surface area contributed by atoms with E-state index in [1.807, 2.05) is 6.92 Å². The minimum absolute atomic E-state index is 0.173. The van der Waals surface area contributed by atoms with Crippen LogP contribution < -0.4 is 5.43 Å². The Morgan fingerprint density at radius 2 is 2.17 bits per heavy atom. The number of nitrogens with one attached hydrogen (secondary N) is 1. The molecule has 1 fully saturated rings. The van der Waals surface area contributed by atoms with E-state index in [-0.39, 0.29) is 5.56 Å². The zero-order valence-electron chi connectivity index (χ0n) is 13.4. The molecule has 0 aliphatic carbocycles. The fourth-order valence-corrected chi connectivity index (χ4v) is 4.98. The second-order valence-electron chi connectivity index (χ2n) is 6.89. The third-order valence-electron chi connectivity index (χ3n) is 5.37. The lowest BCUT2D eigenvalue weighted by atomic mass is 9.84. The number of halogens is 3. The van der Waals surface area contributed by atoms with Gasteiger partial charge in [-0.1, -0.05) is 0 Å². The molecule has 4 rings (SSSR count). The van der Waals surface area contributed by atoms with Gasteiger partial charge >= 0.3 is 0 Å². The van der Waals surface area contributed by atoms with E-state index in [0.29, 0.717) is 23.6 Å². The molecule has 4 heterocycles. The Hall–Kier alpha value is -1.12. The lowest BCUT2D eigenvalue weighted by Crippen LogP contribution is -2.49. The lowest BCUT2D eigenvalue weighted by molar-refractivity contribution is -0.181. The molecule has 1 aromatic heterocycles. The highest BCUT2D eigenvalue weighted by molar-refractivity contribution is 7.10. The van der Waals surface area contributed by atoms with Gasteiger partial charge in [0, 0.05) is 48.2 Å². The van der Waals surface area contributed by atoms with E-state index in [1.54, 1.807) is 0 Å². The normalized spacial score (nSPS) is 28.5. The van der Waals surface area contributed by atoms with Crippen LogP contribution in [0.5, 0.6) is 0 Å². The van der Waals surface area contributed by atoms with Crippen molar-refractivity contribution in [1.29, 1.82) is 0 Å². The smallest absolute Gasteiger partial charge is 0.297 e. The maximum absolute atomic E-state index is 14.0. The fourth-order valence-electron chi connectivity index (χ4n) is 3.84. The van der Waals surface area contributed by atoms with Crippen molar-refractivity contribution in [3.05, 3.63) is 21.6 Å². The van der Waals surface area contributed by atoms with Crippen LogP contribution in [-0.2, 0) is 16.3 Å². The third kappa shape index (κ3) is 2.64. The number of alkyl halides is 2. The number of likely N-dealkylation sites (tertiary alicyclic amines) is 1. The standard InChI is InChI=1S/C16H20F3N3OS/c1-10-11(7-20-21-10)8-22-4-2-15(3-5-22)14-12(6-13(17)24-14)16(18,19)9-23-15/h6,11,20H,2-5,7-9H2,1H3. The summed E-state index contributed by atoms with van der Waals surface area (Å²) in [5.74, 6) is -2.70. The topological polar surface area (TPSA) is 36.9 Å². The van der Waals surface area contributed by atoms with Gasteiger partial charge in [-0.25, -0.2) is 0 Å². The van der Waals surface area contributed by atoms with Crippen molar-refractivity contribution in [2.75, 3.05) is 32.8 Å². The average Bonchev–Trinajstić information content (AvgIpc) is 3.13. The van der Waals surface area contributed by atoms with Crippen molar-refractivity contribution in [2.24, 2.45) is 11.0 Å². The van der Waals surface area contributed by atoms with Crippen molar-refractivity contribution in [2.45, 2.75) is 31.3 Å². The molecule has 4 nitrogen and oxygen atoms in total. The molecule has 8 heteroatoms. The zero-order valence-corrected chi connectivity index (χ0v) is 14.3. The molecule has 1 N–H and O–H groups in total. The largest absolute Gasteiger partial charge is 0.363 e. The quantitative estimate of drug-likeness (QED) is 0.882. The number of nitrogens with zero attached hydrogens (tertiary/aromatic N) is 2. The second-order valence-corrected chi connectivity index (χ2v) is 7.90. The van der Waals surface area contributed by atoms with Crippen LogP contribution in [-0.4, -0.2) is 43.4 Å². The molecule has 1 atom stereocenters. The maximum Gasteiger partial charge on any atom is 0.297 e. The van der Waals surface area contributed by atoms with Gasteiger partial charge in [0.25, 0.3) is 5.92 Å². The Labute approximate surface area is 142 Å². The molecule has 1 unspecified atom stereocenters. The molecule has 0 amide bonds. The number of ether oxygens (including phenoxy) is 1. The lowest BCUT2D eigenvalue weighted by Gasteiger charge is -2.45. The Bertz CT molecular complexity index is 668. The van der Waals surface area contributed by atoms with Crippen LogP contribution in [0.2, 0.25) is 0 Å². The predicted molar refractivity (Wildman–Crippen MR) is 86.1 cm³/mol. The summed E-state index contributed by atoms with van der Waals surface area (Å²) in [7, 11) is 0. The van der Waals surface area contributed by atoms with Gasteiger partial charge in [0.15, 0.2) is 5.13 Å². The molecule has 24 heavy (non-hydrogen) atoms. The van der Waals surface area contributed by atoms with E-state index in [2.05, 4.69) is 15.4 Å². The Balaban J connectivity index is 1.49. The van der Waals surface area contributed by atoms with Gasteiger partial charge < -0.3 is 15.1 Å². The second kappa shape index (κ2) is 5.71. The average molecular weight is 359 g/mol. The monoisotopic (exact) mass is 359 g/mol. The number of piperidine rings is 1. The van der Waals surface area contributed by atoms with E-state index in [9.17, 15) is 13.2 Å². The molecule has 1 saturated heterocycles. The molecular weight excluding hydrogens is 339 g/mol. The van der Waals surface area contributed by atoms with Crippen molar-refractivity contribution in [3.63, 3.8) is 0 Å². The van der Waals surface area contributed by atoms with Gasteiger partial charge in [0.1, 0.15) is 12.2 Å². The molecule has 1 aromatic rings. The first-order valence-corrected chi connectivity index (χ1v) is 9.03. The van der Waals surface area contributed by atoms with E-state index in [0.717, 1.165) is 49.3 Å². The predicted octanol–water partition coefficient (Wildman–Crippen LogP) is 2.90. The Morgan fingerprint density at radius 1 is 1.42 bits per heavy atom. The van der Waals surface area contributed by atoms with Crippen molar-refractivity contribution in [1.82, 2.24) is 10.3 Å². The summed E-state index contributed by atoms with van der Waals surface area (Å²) in [5, 5.41) is 3.65. The number of hydrogen-bond acceptors (Lipinski definition) is 5. The van der Waals surface area contributed by atoms with E-state index in [1.165, 1.54) is 0 Å². The number of rotatable bonds is 2. The first kappa shape index (κ1) is 16.4. The highest BCUT2D eigenvalue weighted by atomic mass is 32.1. The summed E-state index contributed by atoms with van der Waals surface area (Å²) in [6.45, 7) is 4.62. The maximum atomic E-state index is 14.0. The van der Waals surface area contributed by atoms with Gasteiger partial charge in [-0.3, -0.25) is 0 Å². The van der Waals surface area contributed by atoms with Crippen LogP contribution in [0, 0.1) is 11.0 Å². The number of fused-ring (bicyclic) bond motifs is 2. The molecule has 0 bridgehead atoms. The summed E-state index contributed by atoms with van der Waals surface area (Å²) in [6, 6.07) is 0.987. The van der Waals surface area contributed by atoms with Crippen LogP contribution in [0.3, 0.4) is 0 Å². The molecule has 3 aliphatic heterocycles. The molecule has 132 valence electrons. The summed E-state index contributed by atoms with van der Waals surface area (Å²) in [5.41, 5.74) is 3.19. The van der Waals surface area contributed by atoms with E-state index in [4.69, 9.17) is 4.74 Å². The zero-order chi connectivity index (χ0) is 16.9. The van der Waals surface area contributed by atoms with E-state index >= 15 is 0 Å². The minimum Gasteiger partial charge on any atom is -0.363 e. The molecule has 0 radical (unpaired) electrons. The van der Waals surface area contributed by atoms with Crippen molar-refractivity contribution in [3.8, 4) is 0 Å². The number of thiophene rings is 1. The Morgan fingerprint density at radius 3 is 2.83 bits per heavy atom. The summed E-state index contributed by atoms with van der Waals surface area (Å²) in [4.78, 5) is 2.71. The van der Waals surface area contributed by atoms with Gasteiger partial charge in [-0.15, -0.1) is 11.3 Å². The van der Waals surface area contributed by atoms with Crippen LogP contribution in [0.4, 0.5) is 13.2 Å². The molecular formula is C16H20F3N3OS. The molecule has 1 spiro atoms. The number of hydrazone groups is 1. The van der Waals surface area contributed by atoms with E-state index < -0.39 is 23.3 Å². The van der Waals surface area contributed by atoms with Gasteiger partial charge in [0.05, 0.1) is 0 Å². The minimum atomic E-state index is -3.10. The highest BCUT2D eigenvalue weighted by Crippen LogP contribution is 2.51. The summed E-state index contributed by atoms with van der Waals surface area (Å²) >= 11 is 0.813. The van der Waals surface area contributed by atoms with Crippen molar-refractivity contribution < 1.29 is 17.9 Å². The van der Waals surface area contributed by atoms with Crippen LogP contribution in [0.15, 0.2) is 11.2 Å². The van der Waals surface area contributed by atoms with Gasteiger partial charge in [-0.2, -0.15) is 18.3 Å². The molecule has 0 saturated carbocycles. The number of hydrogen-bond donors (Lipinski definition) is 1. The first-order chi connectivity index (χ1) is 11.4. The fraction of sp³-hybridized carbons (Fsp3) is 0.688. The molecule has 0 aromatic carbocycles. The highest BCUT2D eigenvalue weighted by Gasteiger charge is 2.51. The van der Waals surface area contributed by atoms with Crippen molar-refractivity contribution >= 4 is 17.0 Å². The third-order valence-corrected chi connectivity index (χ3v) is 6.47. The first-order valence-electron chi connectivity index (χ1n) is 8.21. The SMILES string of the molecule is CC1=NNCC1CN1CCC2(CC1)OCC(F)(F)c1cc(F)sc12. The van der Waals surface area contributed by atoms with Crippen LogP contribution in [0.1, 0.15) is 30.2 Å². The van der Waals surface area contributed by atoms with Crippen LogP contribution in [0.25, 0.3) is 0 Å².